The molecule has 1 aromatic heterocycles. The van der Waals surface area contributed by atoms with Crippen molar-refractivity contribution in [3.63, 3.8) is 0 Å². The van der Waals surface area contributed by atoms with Gasteiger partial charge in [-0.3, -0.25) is 9.69 Å². The number of furan rings is 1. The first-order valence-corrected chi connectivity index (χ1v) is 7.31. The Morgan fingerprint density at radius 2 is 2.26 bits per heavy atom. The minimum absolute atomic E-state index is 0.103. The number of carbonyl (C=O) groups excluding carboxylic acids is 1. The van der Waals surface area contributed by atoms with E-state index >= 15 is 0 Å². The van der Waals surface area contributed by atoms with Crippen LogP contribution in [0, 0.1) is 0 Å². The van der Waals surface area contributed by atoms with Gasteiger partial charge in [-0.2, -0.15) is 0 Å². The number of rotatable bonds is 4. The summed E-state index contributed by atoms with van der Waals surface area (Å²) >= 11 is 8.10. The van der Waals surface area contributed by atoms with Gasteiger partial charge in [-0.25, -0.2) is 0 Å². The van der Waals surface area contributed by atoms with Gasteiger partial charge < -0.3 is 15.5 Å². The van der Waals surface area contributed by atoms with Crippen molar-refractivity contribution in [1.82, 2.24) is 10.2 Å². The van der Waals surface area contributed by atoms with Gasteiger partial charge in [0.05, 0.1) is 16.8 Å². The van der Waals surface area contributed by atoms with E-state index in [1.54, 1.807) is 6.07 Å². The number of nitrogens with one attached hydrogen (secondary N) is 1. The molecule has 0 aromatic carbocycles. The molecular formula is C12H16BrN3O2S. The highest BCUT2D eigenvalue weighted by Gasteiger charge is 2.22. The van der Waals surface area contributed by atoms with Gasteiger partial charge in [0.25, 0.3) is 5.91 Å². The minimum atomic E-state index is -0.103. The molecule has 5 nitrogen and oxygen atoms in total. The Balaban J connectivity index is 1.81. The molecular weight excluding hydrogens is 330 g/mol. The van der Waals surface area contributed by atoms with Crippen LogP contribution in [0.3, 0.4) is 0 Å². The molecule has 2 rings (SSSR count). The molecule has 1 amide bonds. The zero-order chi connectivity index (χ0) is 13.8. The van der Waals surface area contributed by atoms with Crippen LogP contribution in [0.5, 0.6) is 0 Å². The van der Waals surface area contributed by atoms with Crippen LogP contribution >= 0.6 is 28.1 Å². The molecule has 0 aliphatic carbocycles. The van der Waals surface area contributed by atoms with Gasteiger partial charge in [-0.05, 0) is 34.8 Å². The second-order valence-corrected chi connectivity index (χ2v) is 5.84. The summed E-state index contributed by atoms with van der Waals surface area (Å²) < 4.78 is 5.52. The number of halogens is 1. The fraction of sp³-hybridized carbons (Fsp3) is 0.500. The molecule has 1 aromatic rings. The molecule has 1 fully saturated rings. The predicted octanol–water partition coefficient (Wildman–Crippen LogP) is 1.52. The van der Waals surface area contributed by atoms with Gasteiger partial charge >= 0.3 is 0 Å². The minimum Gasteiger partial charge on any atom is -0.457 e. The third-order valence-corrected chi connectivity index (χ3v) is 3.91. The third-order valence-electron chi connectivity index (χ3n) is 3.16. The van der Waals surface area contributed by atoms with Gasteiger partial charge in [-0.1, -0.05) is 12.2 Å². The van der Waals surface area contributed by atoms with Crippen molar-refractivity contribution in [3.8, 4) is 0 Å². The Labute approximate surface area is 125 Å². The highest BCUT2D eigenvalue weighted by Crippen LogP contribution is 2.18. The number of piperidine rings is 1. The topological polar surface area (TPSA) is 71.5 Å². The van der Waals surface area contributed by atoms with Crippen LogP contribution < -0.4 is 11.1 Å². The molecule has 1 aliphatic rings. The van der Waals surface area contributed by atoms with E-state index < -0.39 is 0 Å². The van der Waals surface area contributed by atoms with E-state index in [0.717, 1.165) is 25.9 Å². The SMILES string of the molecule is NC(=S)CN1CCC(NC(=O)c2ccoc2Br)CC1. The lowest BCUT2D eigenvalue weighted by molar-refractivity contribution is 0.0913. The standard InChI is InChI=1S/C12H16BrN3O2S/c13-11-9(3-6-18-11)12(17)15-8-1-4-16(5-2-8)7-10(14)19/h3,6,8H,1-2,4-5,7H2,(H2,14,19)(H,15,17). The van der Waals surface area contributed by atoms with Crippen LogP contribution in [-0.2, 0) is 0 Å². The Kier molecular flexibility index (Phi) is 4.95. The number of carbonyl (C=O) groups is 1. The smallest absolute Gasteiger partial charge is 0.255 e. The molecule has 1 saturated heterocycles. The van der Waals surface area contributed by atoms with Crippen molar-refractivity contribution < 1.29 is 9.21 Å². The van der Waals surface area contributed by atoms with Crippen LogP contribution in [0.2, 0.25) is 0 Å². The fourth-order valence-electron chi connectivity index (χ4n) is 2.17. The maximum atomic E-state index is 12.0. The van der Waals surface area contributed by atoms with E-state index in [2.05, 4.69) is 26.1 Å². The number of hydrogen-bond acceptors (Lipinski definition) is 4. The van der Waals surface area contributed by atoms with Crippen molar-refractivity contribution in [2.24, 2.45) is 5.73 Å². The summed E-state index contributed by atoms with van der Waals surface area (Å²) in [7, 11) is 0. The fourth-order valence-corrected chi connectivity index (χ4v) is 2.78. The van der Waals surface area contributed by atoms with E-state index in [4.69, 9.17) is 22.4 Å². The van der Waals surface area contributed by atoms with E-state index in [1.165, 1.54) is 6.26 Å². The average molecular weight is 346 g/mol. The molecule has 0 saturated carbocycles. The largest absolute Gasteiger partial charge is 0.457 e. The molecule has 0 unspecified atom stereocenters. The Morgan fingerprint density at radius 3 is 2.79 bits per heavy atom. The summed E-state index contributed by atoms with van der Waals surface area (Å²) in [6.07, 6.45) is 3.30. The summed E-state index contributed by atoms with van der Waals surface area (Å²) in [5.41, 5.74) is 6.06. The highest BCUT2D eigenvalue weighted by atomic mass is 79.9. The summed E-state index contributed by atoms with van der Waals surface area (Å²) in [4.78, 5) is 14.7. The van der Waals surface area contributed by atoms with E-state index in [-0.39, 0.29) is 11.9 Å². The second-order valence-electron chi connectivity index (χ2n) is 4.60. The Bertz CT molecular complexity index is 469. The number of hydrogen-bond donors (Lipinski definition) is 2. The van der Waals surface area contributed by atoms with Crippen molar-refractivity contribution in [3.05, 3.63) is 22.6 Å². The molecule has 0 radical (unpaired) electrons. The molecule has 0 spiro atoms. The number of nitrogens with zero attached hydrogens (tertiary/aromatic N) is 1. The first-order valence-electron chi connectivity index (χ1n) is 6.11. The van der Waals surface area contributed by atoms with Gasteiger partial charge in [0.15, 0.2) is 4.67 Å². The number of amides is 1. The summed E-state index contributed by atoms with van der Waals surface area (Å²) in [5.74, 6) is -0.103. The normalized spacial score (nSPS) is 17.3. The first kappa shape index (κ1) is 14.5. The number of nitrogens with two attached hydrogens (primary N) is 1. The number of likely N-dealkylation sites (tertiary alicyclic amines) is 1. The van der Waals surface area contributed by atoms with Crippen LogP contribution in [0.25, 0.3) is 0 Å². The van der Waals surface area contributed by atoms with Crippen LogP contribution in [0.4, 0.5) is 0 Å². The lowest BCUT2D eigenvalue weighted by Gasteiger charge is -2.31. The molecule has 0 bridgehead atoms. The maximum absolute atomic E-state index is 12.0. The molecule has 2 heterocycles. The van der Waals surface area contributed by atoms with Gasteiger partial charge in [0, 0.05) is 25.7 Å². The maximum Gasteiger partial charge on any atom is 0.255 e. The number of thiocarbonyl (C=S) groups is 1. The Hall–Kier alpha value is -0.920. The first-order chi connectivity index (χ1) is 9.06. The second kappa shape index (κ2) is 6.49. The lowest BCUT2D eigenvalue weighted by Crippen LogP contribution is -2.46. The van der Waals surface area contributed by atoms with Crippen molar-refractivity contribution >= 4 is 39.0 Å². The average Bonchev–Trinajstić information content (AvgIpc) is 2.77. The monoisotopic (exact) mass is 345 g/mol. The highest BCUT2D eigenvalue weighted by molar-refractivity contribution is 9.10. The van der Waals surface area contributed by atoms with Crippen molar-refractivity contribution in [1.29, 1.82) is 0 Å². The zero-order valence-electron chi connectivity index (χ0n) is 10.4. The van der Waals surface area contributed by atoms with Crippen LogP contribution in [0.1, 0.15) is 23.2 Å². The third kappa shape index (κ3) is 4.02. The molecule has 19 heavy (non-hydrogen) atoms. The lowest BCUT2D eigenvalue weighted by atomic mass is 10.0. The Morgan fingerprint density at radius 1 is 1.58 bits per heavy atom. The van der Waals surface area contributed by atoms with Gasteiger partial charge in [0.2, 0.25) is 0 Å². The van der Waals surface area contributed by atoms with Gasteiger partial charge in [0.1, 0.15) is 0 Å². The quantitative estimate of drug-likeness (QED) is 0.809. The van der Waals surface area contributed by atoms with Crippen LogP contribution in [-0.4, -0.2) is 41.5 Å². The molecule has 104 valence electrons. The van der Waals surface area contributed by atoms with E-state index in [9.17, 15) is 4.79 Å². The molecule has 3 N–H and O–H groups in total. The zero-order valence-corrected chi connectivity index (χ0v) is 12.8. The summed E-state index contributed by atoms with van der Waals surface area (Å²) in [6.45, 7) is 2.45. The van der Waals surface area contributed by atoms with E-state index in [1.807, 2.05) is 0 Å². The van der Waals surface area contributed by atoms with E-state index in [0.29, 0.717) is 21.8 Å². The van der Waals surface area contributed by atoms with Crippen LogP contribution in [0.15, 0.2) is 21.4 Å². The molecule has 7 heteroatoms. The van der Waals surface area contributed by atoms with Gasteiger partial charge in [-0.15, -0.1) is 0 Å². The summed E-state index contributed by atoms with van der Waals surface area (Å²) in [5, 5.41) is 3.02. The predicted molar refractivity (Wildman–Crippen MR) is 80.1 cm³/mol. The van der Waals surface area contributed by atoms with Crippen molar-refractivity contribution in [2.45, 2.75) is 18.9 Å². The van der Waals surface area contributed by atoms with Crippen molar-refractivity contribution in [2.75, 3.05) is 19.6 Å². The summed E-state index contributed by atoms with van der Waals surface area (Å²) in [6, 6.07) is 1.85. The molecule has 0 atom stereocenters. The molecule has 1 aliphatic heterocycles.